The number of carbonyl (C=O) groups excluding carboxylic acids is 1. The molecule has 1 saturated heterocycles. The van der Waals surface area contributed by atoms with Crippen molar-refractivity contribution in [3.63, 3.8) is 0 Å². The number of halogens is 2. The summed E-state index contributed by atoms with van der Waals surface area (Å²) in [6.45, 7) is 1.52. The van der Waals surface area contributed by atoms with Crippen LogP contribution < -0.4 is 10.2 Å². The summed E-state index contributed by atoms with van der Waals surface area (Å²) < 4.78 is 14.8. The summed E-state index contributed by atoms with van der Waals surface area (Å²) in [5, 5.41) is 15.4. The van der Waals surface area contributed by atoms with Crippen LogP contribution in [0.25, 0.3) is 5.65 Å². The number of nitrogens with zero attached hydrogens (tertiary/aromatic N) is 5. The lowest BCUT2D eigenvalue weighted by Gasteiger charge is -2.17. The number of benzene rings is 1. The minimum atomic E-state index is -0.450. The van der Waals surface area contributed by atoms with Gasteiger partial charge in [0.05, 0.1) is 5.02 Å². The third kappa shape index (κ3) is 4.00. The van der Waals surface area contributed by atoms with Crippen LogP contribution in [0.15, 0.2) is 36.7 Å². The van der Waals surface area contributed by atoms with Crippen molar-refractivity contribution >= 4 is 29.0 Å². The van der Waals surface area contributed by atoms with E-state index in [1.54, 1.807) is 23.0 Å². The van der Waals surface area contributed by atoms with Crippen molar-refractivity contribution in [1.29, 1.82) is 0 Å². The monoisotopic (exact) mass is 388 g/mol. The van der Waals surface area contributed by atoms with Crippen molar-refractivity contribution in [2.24, 2.45) is 0 Å². The van der Waals surface area contributed by atoms with Crippen LogP contribution in [0.5, 0.6) is 0 Å². The molecule has 3 heterocycles. The second kappa shape index (κ2) is 7.48. The van der Waals surface area contributed by atoms with Crippen LogP contribution in [0.4, 0.5) is 10.2 Å². The molecule has 0 saturated carbocycles. The largest absolute Gasteiger partial charge is 0.353 e. The van der Waals surface area contributed by atoms with E-state index in [0.29, 0.717) is 25.0 Å². The van der Waals surface area contributed by atoms with Crippen LogP contribution in [0.1, 0.15) is 18.4 Å². The van der Waals surface area contributed by atoms with Gasteiger partial charge in [-0.15, -0.1) is 15.3 Å². The minimum Gasteiger partial charge on any atom is -0.353 e. The zero-order valence-electron chi connectivity index (χ0n) is 14.5. The molecule has 1 N–H and O–H groups in total. The number of hydrogen-bond acceptors (Lipinski definition) is 5. The Labute approximate surface area is 160 Å². The predicted octanol–water partition coefficient (Wildman–Crippen LogP) is 2.24. The van der Waals surface area contributed by atoms with E-state index in [0.717, 1.165) is 24.3 Å². The molecule has 0 unspecified atom stereocenters. The van der Waals surface area contributed by atoms with Gasteiger partial charge in [0, 0.05) is 25.6 Å². The molecule has 0 aliphatic carbocycles. The molecule has 4 rings (SSSR count). The summed E-state index contributed by atoms with van der Waals surface area (Å²) in [7, 11) is 0. The van der Waals surface area contributed by atoms with Gasteiger partial charge in [0.15, 0.2) is 5.65 Å². The first-order chi connectivity index (χ1) is 13.1. The lowest BCUT2D eigenvalue weighted by Crippen LogP contribution is -2.37. The maximum absolute atomic E-state index is 13.2. The van der Waals surface area contributed by atoms with E-state index in [9.17, 15) is 9.18 Å². The Morgan fingerprint density at radius 3 is 3.07 bits per heavy atom. The van der Waals surface area contributed by atoms with E-state index in [1.165, 1.54) is 6.07 Å². The third-order valence-electron chi connectivity index (χ3n) is 4.65. The fourth-order valence-corrected chi connectivity index (χ4v) is 3.43. The van der Waals surface area contributed by atoms with Crippen LogP contribution in [0.3, 0.4) is 0 Å². The van der Waals surface area contributed by atoms with Crippen LogP contribution in [0.2, 0.25) is 5.02 Å². The van der Waals surface area contributed by atoms with Gasteiger partial charge in [-0.25, -0.2) is 4.39 Å². The maximum atomic E-state index is 13.2. The third-order valence-corrected chi connectivity index (χ3v) is 4.94. The molecular formula is C18H18ClFN6O. The molecule has 1 aliphatic rings. The first-order valence-corrected chi connectivity index (χ1v) is 9.11. The Hall–Kier alpha value is -2.74. The summed E-state index contributed by atoms with van der Waals surface area (Å²) in [6, 6.07) is 8.39. The average molecular weight is 389 g/mol. The van der Waals surface area contributed by atoms with Gasteiger partial charge in [0.25, 0.3) is 0 Å². The molecule has 2 aromatic heterocycles. The van der Waals surface area contributed by atoms with Crippen LogP contribution in [-0.4, -0.2) is 44.8 Å². The number of hydrogen-bond donors (Lipinski definition) is 1. The minimum absolute atomic E-state index is 0.0236. The molecule has 0 radical (unpaired) electrons. The first kappa shape index (κ1) is 17.7. The number of amides is 1. The van der Waals surface area contributed by atoms with Gasteiger partial charge in [0.2, 0.25) is 5.91 Å². The topological polar surface area (TPSA) is 75.4 Å². The molecule has 3 aromatic rings. The van der Waals surface area contributed by atoms with E-state index >= 15 is 0 Å². The summed E-state index contributed by atoms with van der Waals surface area (Å²) >= 11 is 5.77. The first-order valence-electron chi connectivity index (χ1n) is 8.74. The molecule has 0 spiro atoms. The quantitative estimate of drug-likeness (QED) is 0.725. The molecule has 0 bridgehead atoms. The Morgan fingerprint density at radius 1 is 1.33 bits per heavy atom. The lowest BCUT2D eigenvalue weighted by molar-refractivity contribution is -0.121. The number of aryl methyl sites for hydroxylation is 1. The normalized spacial score (nSPS) is 16.8. The van der Waals surface area contributed by atoms with E-state index in [4.69, 9.17) is 11.6 Å². The predicted molar refractivity (Wildman–Crippen MR) is 99.3 cm³/mol. The second-order valence-corrected chi connectivity index (χ2v) is 6.98. The molecule has 27 heavy (non-hydrogen) atoms. The van der Waals surface area contributed by atoms with E-state index in [1.807, 2.05) is 12.1 Å². The van der Waals surface area contributed by atoms with Gasteiger partial charge in [-0.3, -0.25) is 4.79 Å². The highest BCUT2D eigenvalue weighted by molar-refractivity contribution is 6.30. The number of rotatable bonds is 5. The number of carbonyl (C=O) groups is 1. The Morgan fingerprint density at radius 2 is 2.22 bits per heavy atom. The van der Waals surface area contributed by atoms with Crippen molar-refractivity contribution in [2.45, 2.75) is 25.3 Å². The molecule has 7 nitrogen and oxygen atoms in total. The molecule has 1 aliphatic heterocycles. The highest BCUT2D eigenvalue weighted by atomic mass is 35.5. The molecule has 1 fully saturated rings. The van der Waals surface area contributed by atoms with Gasteiger partial charge in [-0.05, 0) is 42.7 Å². The number of nitrogens with one attached hydrogen (secondary N) is 1. The van der Waals surface area contributed by atoms with Crippen molar-refractivity contribution in [3.8, 4) is 0 Å². The molecular weight excluding hydrogens is 371 g/mol. The van der Waals surface area contributed by atoms with Crippen molar-refractivity contribution in [3.05, 3.63) is 53.1 Å². The van der Waals surface area contributed by atoms with Gasteiger partial charge >= 0.3 is 0 Å². The molecule has 1 aromatic carbocycles. The SMILES string of the molecule is O=C(CCc1ccc(F)c(Cl)c1)N[C@H]1CCN(c2ccc3nncn3n2)C1. The highest BCUT2D eigenvalue weighted by Crippen LogP contribution is 2.19. The van der Waals surface area contributed by atoms with Gasteiger partial charge in [-0.2, -0.15) is 4.52 Å². The van der Waals surface area contributed by atoms with E-state index in [-0.39, 0.29) is 17.0 Å². The molecule has 140 valence electrons. The average Bonchev–Trinajstić information content (AvgIpc) is 3.31. The second-order valence-electron chi connectivity index (χ2n) is 6.57. The zero-order valence-corrected chi connectivity index (χ0v) is 15.2. The van der Waals surface area contributed by atoms with Crippen molar-refractivity contribution in [1.82, 2.24) is 25.1 Å². The lowest BCUT2D eigenvalue weighted by atomic mass is 10.1. The van der Waals surface area contributed by atoms with Crippen molar-refractivity contribution in [2.75, 3.05) is 18.0 Å². The molecule has 9 heteroatoms. The summed E-state index contributed by atoms with van der Waals surface area (Å²) in [6.07, 6.45) is 3.28. The Balaban J connectivity index is 1.29. The Kier molecular flexibility index (Phi) is 4.89. The summed E-state index contributed by atoms with van der Waals surface area (Å²) in [4.78, 5) is 14.4. The van der Waals surface area contributed by atoms with Gasteiger partial charge in [-0.1, -0.05) is 17.7 Å². The van der Waals surface area contributed by atoms with Crippen LogP contribution >= 0.6 is 11.6 Å². The fraction of sp³-hybridized carbons (Fsp3) is 0.333. The standard InChI is InChI=1S/C18H18ClFN6O/c19-14-9-12(1-3-15(14)20)2-6-18(27)22-13-7-8-25(10-13)17-5-4-16-23-21-11-26(16)24-17/h1,3-5,9,11,13H,2,6-8,10H2,(H,22,27)/t13-/m0/s1. The van der Waals surface area contributed by atoms with Gasteiger partial charge in [0.1, 0.15) is 18.0 Å². The molecule has 1 amide bonds. The summed E-state index contributed by atoms with van der Waals surface area (Å²) in [5.41, 5.74) is 1.54. The van der Waals surface area contributed by atoms with Crippen LogP contribution in [-0.2, 0) is 11.2 Å². The van der Waals surface area contributed by atoms with Crippen molar-refractivity contribution < 1.29 is 9.18 Å². The smallest absolute Gasteiger partial charge is 0.220 e. The number of fused-ring (bicyclic) bond motifs is 1. The maximum Gasteiger partial charge on any atom is 0.220 e. The molecule has 1 atom stereocenters. The summed E-state index contributed by atoms with van der Waals surface area (Å²) in [5.74, 6) is 0.360. The van der Waals surface area contributed by atoms with Gasteiger partial charge < -0.3 is 10.2 Å². The van der Waals surface area contributed by atoms with Crippen LogP contribution in [0, 0.1) is 5.82 Å². The Bertz CT molecular complexity index is 977. The van der Waals surface area contributed by atoms with E-state index < -0.39 is 5.82 Å². The van der Waals surface area contributed by atoms with E-state index in [2.05, 4.69) is 25.5 Å². The highest BCUT2D eigenvalue weighted by Gasteiger charge is 2.25. The zero-order chi connectivity index (χ0) is 18.8. The number of aromatic nitrogens is 4. The number of anilines is 1. The fourth-order valence-electron chi connectivity index (χ4n) is 3.23.